The fourth-order valence-corrected chi connectivity index (χ4v) is 4.90. The molecule has 2 aromatic rings. The van der Waals surface area contributed by atoms with Crippen molar-refractivity contribution < 1.29 is 8.42 Å². The second-order valence-corrected chi connectivity index (χ2v) is 7.69. The number of halogens is 3. The second-order valence-electron chi connectivity index (χ2n) is 4.34. The van der Waals surface area contributed by atoms with Gasteiger partial charge in [0.25, 0.3) is 10.0 Å². The molecular formula is C13H11BrCl2N2O2S. The van der Waals surface area contributed by atoms with Crippen LogP contribution in [0.25, 0.3) is 0 Å². The molecule has 2 rings (SSSR count). The van der Waals surface area contributed by atoms with Crippen molar-refractivity contribution >= 4 is 60.5 Å². The Kier molecular flexibility index (Phi) is 4.72. The van der Waals surface area contributed by atoms with Crippen LogP contribution in [0.5, 0.6) is 0 Å². The lowest BCUT2D eigenvalue weighted by atomic mass is 10.2. The fraction of sp³-hybridized carbons (Fsp3) is 0.0769. The molecule has 3 N–H and O–H groups in total. The van der Waals surface area contributed by atoms with Crippen LogP contribution in [-0.2, 0) is 10.0 Å². The molecule has 0 aliphatic rings. The number of hydrogen-bond acceptors (Lipinski definition) is 3. The summed E-state index contributed by atoms with van der Waals surface area (Å²) in [6, 6.07) is 8.02. The van der Waals surface area contributed by atoms with Crippen LogP contribution >= 0.6 is 39.1 Å². The molecule has 0 radical (unpaired) electrons. The first-order valence-corrected chi connectivity index (χ1v) is 8.78. The maximum absolute atomic E-state index is 12.5. The topological polar surface area (TPSA) is 72.2 Å². The number of para-hydroxylation sites is 1. The van der Waals surface area contributed by atoms with Gasteiger partial charge in [-0.15, -0.1) is 0 Å². The third-order valence-electron chi connectivity index (χ3n) is 2.77. The summed E-state index contributed by atoms with van der Waals surface area (Å²) >= 11 is 15.2. The van der Waals surface area contributed by atoms with Gasteiger partial charge in [0.1, 0.15) is 4.90 Å². The van der Waals surface area contributed by atoms with Crippen LogP contribution in [-0.4, -0.2) is 8.42 Å². The highest BCUT2D eigenvalue weighted by atomic mass is 79.9. The third-order valence-corrected chi connectivity index (χ3v) is 5.50. The molecule has 0 fully saturated rings. The maximum atomic E-state index is 12.5. The maximum Gasteiger partial charge on any atom is 0.264 e. The molecule has 21 heavy (non-hydrogen) atoms. The third kappa shape index (κ3) is 3.45. The lowest BCUT2D eigenvalue weighted by molar-refractivity contribution is 0.601. The van der Waals surface area contributed by atoms with E-state index in [9.17, 15) is 8.42 Å². The number of rotatable bonds is 3. The van der Waals surface area contributed by atoms with E-state index in [1.165, 1.54) is 12.1 Å². The number of sulfonamides is 1. The van der Waals surface area contributed by atoms with Crippen LogP contribution in [0.1, 0.15) is 5.56 Å². The Morgan fingerprint density at radius 2 is 1.76 bits per heavy atom. The van der Waals surface area contributed by atoms with Crippen molar-refractivity contribution in [1.29, 1.82) is 0 Å². The predicted octanol–water partition coefficient (Wildman–Crippen LogP) is 4.45. The van der Waals surface area contributed by atoms with Crippen LogP contribution in [0.2, 0.25) is 10.0 Å². The van der Waals surface area contributed by atoms with Gasteiger partial charge < -0.3 is 5.73 Å². The average Bonchev–Trinajstić information content (AvgIpc) is 2.32. The molecule has 0 heterocycles. The lowest BCUT2D eigenvalue weighted by Crippen LogP contribution is -2.16. The summed E-state index contributed by atoms with van der Waals surface area (Å²) < 4.78 is 28.0. The van der Waals surface area contributed by atoms with Crippen molar-refractivity contribution in [2.24, 2.45) is 0 Å². The van der Waals surface area contributed by atoms with E-state index in [0.717, 1.165) is 0 Å². The van der Waals surface area contributed by atoms with Crippen LogP contribution in [0, 0.1) is 6.92 Å². The van der Waals surface area contributed by atoms with E-state index in [2.05, 4.69) is 20.7 Å². The number of aryl methyl sites for hydroxylation is 1. The summed E-state index contributed by atoms with van der Waals surface area (Å²) in [7, 11) is -3.95. The molecule has 0 aliphatic heterocycles. The van der Waals surface area contributed by atoms with E-state index in [4.69, 9.17) is 28.9 Å². The monoisotopic (exact) mass is 408 g/mol. The zero-order valence-corrected chi connectivity index (χ0v) is 14.7. The Morgan fingerprint density at radius 3 is 2.29 bits per heavy atom. The summed E-state index contributed by atoms with van der Waals surface area (Å²) in [4.78, 5) is -0.184. The Hall–Kier alpha value is -0.950. The number of hydrogen-bond donors (Lipinski definition) is 2. The molecule has 0 atom stereocenters. The first-order valence-electron chi connectivity index (χ1n) is 5.75. The molecular weight excluding hydrogens is 399 g/mol. The van der Waals surface area contributed by atoms with E-state index in [0.29, 0.717) is 21.4 Å². The van der Waals surface area contributed by atoms with Crippen LogP contribution in [0.4, 0.5) is 11.4 Å². The predicted molar refractivity (Wildman–Crippen MR) is 90.6 cm³/mol. The normalized spacial score (nSPS) is 11.4. The molecule has 0 aromatic heterocycles. The SMILES string of the molecule is Cc1cccc(N)c1NS(=O)(=O)c1c(Cl)cc(Br)cc1Cl. The number of nitrogen functional groups attached to an aromatic ring is 1. The smallest absolute Gasteiger partial charge is 0.264 e. The van der Waals surface area contributed by atoms with Crippen LogP contribution < -0.4 is 10.5 Å². The van der Waals surface area contributed by atoms with E-state index < -0.39 is 10.0 Å². The minimum Gasteiger partial charge on any atom is -0.397 e. The largest absolute Gasteiger partial charge is 0.397 e. The highest BCUT2D eigenvalue weighted by molar-refractivity contribution is 9.10. The Labute approximate surface area is 141 Å². The number of nitrogens with two attached hydrogens (primary N) is 1. The molecule has 0 bridgehead atoms. The molecule has 0 aliphatic carbocycles. The highest BCUT2D eigenvalue weighted by Gasteiger charge is 2.23. The molecule has 2 aromatic carbocycles. The van der Waals surface area contributed by atoms with Gasteiger partial charge >= 0.3 is 0 Å². The highest BCUT2D eigenvalue weighted by Crippen LogP contribution is 2.35. The minimum absolute atomic E-state index is 0.0223. The molecule has 8 heteroatoms. The van der Waals surface area contributed by atoms with Crippen molar-refractivity contribution in [2.75, 3.05) is 10.5 Å². The zero-order chi connectivity index (χ0) is 15.8. The molecule has 4 nitrogen and oxygen atoms in total. The summed E-state index contributed by atoms with van der Waals surface area (Å²) in [5, 5.41) is 0.0445. The van der Waals surface area contributed by atoms with Gasteiger partial charge in [-0.1, -0.05) is 51.3 Å². The summed E-state index contributed by atoms with van der Waals surface area (Å²) in [5.74, 6) is 0. The zero-order valence-electron chi connectivity index (χ0n) is 10.8. The Balaban J connectivity index is 2.54. The van der Waals surface area contributed by atoms with Crippen molar-refractivity contribution in [3.8, 4) is 0 Å². The molecule has 0 amide bonds. The van der Waals surface area contributed by atoms with Gasteiger partial charge in [-0.05, 0) is 30.7 Å². The van der Waals surface area contributed by atoms with E-state index in [1.54, 1.807) is 25.1 Å². The lowest BCUT2D eigenvalue weighted by Gasteiger charge is -2.14. The van der Waals surface area contributed by atoms with E-state index in [-0.39, 0.29) is 14.9 Å². The molecule has 0 spiro atoms. The van der Waals surface area contributed by atoms with Crippen LogP contribution in [0.15, 0.2) is 39.7 Å². The van der Waals surface area contributed by atoms with E-state index >= 15 is 0 Å². The summed E-state index contributed by atoms with van der Waals surface area (Å²) in [6.07, 6.45) is 0. The molecule has 0 unspecified atom stereocenters. The summed E-state index contributed by atoms with van der Waals surface area (Å²) in [6.45, 7) is 1.75. The van der Waals surface area contributed by atoms with Gasteiger partial charge in [-0.3, -0.25) is 4.72 Å². The first kappa shape index (κ1) is 16.4. The van der Waals surface area contributed by atoms with Crippen molar-refractivity contribution in [2.45, 2.75) is 11.8 Å². The van der Waals surface area contributed by atoms with Gasteiger partial charge in [0, 0.05) is 4.47 Å². The molecule has 0 saturated carbocycles. The van der Waals surface area contributed by atoms with Crippen LogP contribution in [0.3, 0.4) is 0 Å². The van der Waals surface area contributed by atoms with Gasteiger partial charge in [0.2, 0.25) is 0 Å². The van der Waals surface area contributed by atoms with Crippen molar-refractivity contribution in [1.82, 2.24) is 0 Å². The average molecular weight is 410 g/mol. The van der Waals surface area contributed by atoms with Gasteiger partial charge in [-0.25, -0.2) is 8.42 Å². The van der Waals surface area contributed by atoms with Crippen molar-refractivity contribution in [3.05, 3.63) is 50.4 Å². The van der Waals surface area contributed by atoms with Crippen molar-refractivity contribution in [3.63, 3.8) is 0 Å². The Morgan fingerprint density at radius 1 is 1.19 bits per heavy atom. The standard InChI is InChI=1S/C13H11BrCl2N2O2S/c1-7-3-2-4-11(17)12(7)18-21(19,20)13-9(15)5-8(14)6-10(13)16/h2-6,18H,17H2,1H3. The van der Waals surface area contributed by atoms with Gasteiger partial charge in [0.15, 0.2) is 0 Å². The quantitative estimate of drug-likeness (QED) is 0.735. The minimum atomic E-state index is -3.95. The summed E-state index contributed by atoms with van der Waals surface area (Å²) in [5.41, 5.74) is 7.14. The fourth-order valence-electron chi connectivity index (χ4n) is 1.80. The molecule has 0 saturated heterocycles. The first-order chi connectivity index (χ1) is 9.72. The number of nitrogens with one attached hydrogen (secondary N) is 1. The van der Waals surface area contributed by atoms with Gasteiger partial charge in [-0.2, -0.15) is 0 Å². The Bertz CT molecular complexity index is 767. The van der Waals surface area contributed by atoms with E-state index in [1.807, 2.05) is 0 Å². The van der Waals surface area contributed by atoms with Gasteiger partial charge in [0.05, 0.1) is 21.4 Å². The number of benzene rings is 2. The number of anilines is 2. The second kappa shape index (κ2) is 6.04. The molecule has 112 valence electrons.